The second kappa shape index (κ2) is 8.71. The van der Waals surface area contributed by atoms with E-state index in [2.05, 4.69) is 29.4 Å². The maximum Gasteiger partial charge on any atom is 0.274 e. The van der Waals surface area contributed by atoms with Gasteiger partial charge in [-0.2, -0.15) is 0 Å². The van der Waals surface area contributed by atoms with E-state index in [1.807, 2.05) is 11.0 Å². The Hall–Kier alpha value is -1.65. The van der Waals surface area contributed by atoms with Crippen LogP contribution in [0.15, 0.2) is 12.1 Å². The van der Waals surface area contributed by atoms with E-state index in [-0.39, 0.29) is 5.91 Å². The topological polar surface area (TPSA) is 58.1 Å². The first-order valence-corrected chi connectivity index (χ1v) is 8.64. The van der Waals surface area contributed by atoms with Crippen LogP contribution in [0.3, 0.4) is 0 Å². The highest BCUT2D eigenvalue weighted by molar-refractivity contribution is 5.92. The van der Waals surface area contributed by atoms with Crippen molar-refractivity contribution >= 4 is 11.7 Å². The Morgan fingerprint density at radius 2 is 1.82 bits per heavy atom. The SMILES string of the molecule is CCCN(CCC)C(=O)c1ccc(NC2CCCCC2)nn1. The molecule has 0 spiro atoms. The van der Waals surface area contributed by atoms with Gasteiger partial charge >= 0.3 is 0 Å². The largest absolute Gasteiger partial charge is 0.366 e. The number of nitrogens with zero attached hydrogens (tertiary/aromatic N) is 3. The monoisotopic (exact) mass is 304 g/mol. The molecule has 1 heterocycles. The summed E-state index contributed by atoms with van der Waals surface area (Å²) in [5, 5.41) is 11.7. The number of carbonyl (C=O) groups excluding carboxylic acids is 1. The zero-order chi connectivity index (χ0) is 15.8. The molecule has 1 aliphatic carbocycles. The van der Waals surface area contributed by atoms with Gasteiger partial charge in [-0.25, -0.2) is 0 Å². The quantitative estimate of drug-likeness (QED) is 0.838. The number of hydrogen-bond acceptors (Lipinski definition) is 4. The summed E-state index contributed by atoms with van der Waals surface area (Å²) in [5.74, 6) is 0.765. The molecule has 22 heavy (non-hydrogen) atoms. The van der Waals surface area contributed by atoms with Crippen molar-refractivity contribution in [1.82, 2.24) is 15.1 Å². The van der Waals surface area contributed by atoms with Crippen molar-refractivity contribution in [3.63, 3.8) is 0 Å². The summed E-state index contributed by atoms with van der Waals surface area (Å²) in [5.41, 5.74) is 0.441. The Balaban J connectivity index is 1.96. The molecule has 5 heteroatoms. The first-order valence-electron chi connectivity index (χ1n) is 8.64. The summed E-state index contributed by atoms with van der Waals surface area (Å²) in [6.07, 6.45) is 8.21. The minimum absolute atomic E-state index is 0.0135. The predicted molar refractivity (Wildman–Crippen MR) is 89.0 cm³/mol. The second-order valence-electron chi connectivity index (χ2n) is 6.08. The molecule has 1 saturated carbocycles. The van der Waals surface area contributed by atoms with Crippen molar-refractivity contribution in [3.8, 4) is 0 Å². The number of amides is 1. The third-order valence-electron chi connectivity index (χ3n) is 4.12. The summed E-state index contributed by atoms with van der Waals surface area (Å²) in [6.45, 7) is 5.71. The average Bonchev–Trinajstić information content (AvgIpc) is 2.56. The van der Waals surface area contributed by atoms with E-state index >= 15 is 0 Å². The molecule has 2 rings (SSSR count). The zero-order valence-corrected chi connectivity index (χ0v) is 13.8. The molecule has 1 aliphatic rings. The molecule has 1 aromatic rings. The van der Waals surface area contributed by atoms with E-state index in [0.717, 1.165) is 31.7 Å². The molecule has 0 unspecified atom stereocenters. The molecule has 0 aliphatic heterocycles. The van der Waals surface area contributed by atoms with Crippen molar-refractivity contribution in [1.29, 1.82) is 0 Å². The van der Waals surface area contributed by atoms with E-state index in [1.165, 1.54) is 32.1 Å². The van der Waals surface area contributed by atoms with Crippen molar-refractivity contribution in [2.75, 3.05) is 18.4 Å². The third-order valence-corrected chi connectivity index (χ3v) is 4.12. The van der Waals surface area contributed by atoms with Crippen LogP contribution in [0.5, 0.6) is 0 Å². The Kier molecular flexibility index (Phi) is 6.62. The van der Waals surface area contributed by atoms with Gasteiger partial charge in [0.25, 0.3) is 5.91 Å². The van der Waals surface area contributed by atoms with Gasteiger partial charge in [0, 0.05) is 19.1 Å². The van der Waals surface area contributed by atoms with E-state index in [4.69, 9.17) is 0 Å². The zero-order valence-electron chi connectivity index (χ0n) is 13.8. The molecule has 0 atom stereocenters. The van der Waals surface area contributed by atoms with Crippen LogP contribution in [0.25, 0.3) is 0 Å². The van der Waals surface area contributed by atoms with E-state index in [0.29, 0.717) is 11.7 Å². The van der Waals surface area contributed by atoms with Crippen molar-refractivity contribution in [2.24, 2.45) is 0 Å². The van der Waals surface area contributed by atoms with Crippen LogP contribution in [-0.4, -0.2) is 40.1 Å². The summed E-state index contributed by atoms with van der Waals surface area (Å²) >= 11 is 0. The lowest BCUT2D eigenvalue weighted by atomic mass is 9.95. The number of anilines is 1. The van der Waals surface area contributed by atoms with Gasteiger partial charge in [0.1, 0.15) is 5.82 Å². The smallest absolute Gasteiger partial charge is 0.274 e. The van der Waals surface area contributed by atoms with Crippen LogP contribution in [-0.2, 0) is 0 Å². The Bertz CT molecular complexity index is 448. The molecular formula is C17H28N4O. The Morgan fingerprint density at radius 3 is 2.36 bits per heavy atom. The van der Waals surface area contributed by atoms with Crippen LogP contribution in [0.4, 0.5) is 5.82 Å². The number of carbonyl (C=O) groups is 1. The first-order chi connectivity index (χ1) is 10.7. The normalized spacial score (nSPS) is 15.5. The highest BCUT2D eigenvalue weighted by atomic mass is 16.2. The summed E-state index contributed by atoms with van der Waals surface area (Å²) in [4.78, 5) is 14.3. The van der Waals surface area contributed by atoms with Gasteiger partial charge in [-0.15, -0.1) is 10.2 Å². The van der Waals surface area contributed by atoms with Crippen LogP contribution < -0.4 is 5.32 Å². The third kappa shape index (κ3) is 4.68. The van der Waals surface area contributed by atoms with Crippen molar-refractivity contribution in [3.05, 3.63) is 17.8 Å². The van der Waals surface area contributed by atoms with Gasteiger partial charge in [-0.3, -0.25) is 4.79 Å². The number of hydrogen-bond donors (Lipinski definition) is 1. The highest BCUT2D eigenvalue weighted by Gasteiger charge is 2.17. The highest BCUT2D eigenvalue weighted by Crippen LogP contribution is 2.20. The van der Waals surface area contributed by atoms with Gasteiger partial charge in [-0.1, -0.05) is 33.1 Å². The lowest BCUT2D eigenvalue weighted by Gasteiger charge is -2.23. The van der Waals surface area contributed by atoms with Gasteiger partial charge < -0.3 is 10.2 Å². The van der Waals surface area contributed by atoms with Crippen molar-refractivity contribution < 1.29 is 4.79 Å². The second-order valence-corrected chi connectivity index (χ2v) is 6.08. The molecule has 0 radical (unpaired) electrons. The fourth-order valence-electron chi connectivity index (χ4n) is 3.00. The molecule has 5 nitrogen and oxygen atoms in total. The maximum atomic E-state index is 12.4. The molecular weight excluding hydrogens is 276 g/mol. The molecule has 1 aromatic heterocycles. The van der Waals surface area contributed by atoms with Gasteiger partial charge in [-0.05, 0) is 37.8 Å². The fraction of sp³-hybridized carbons (Fsp3) is 0.706. The van der Waals surface area contributed by atoms with E-state index in [1.54, 1.807) is 6.07 Å². The molecule has 1 amide bonds. The molecule has 1 N–H and O–H groups in total. The van der Waals surface area contributed by atoms with E-state index < -0.39 is 0 Å². The number of rotatable bonds is 7. The van der Waals surface area contributed by atoms with Gasteiger partial charge in [0.15, 0.2) is 5.69 Å². The average molecular weight is 304 g/mol. The van der Waals surface area contributed by atoms with Gasteiger partial charge in [0.2, 0.25) is 0 Å². The molecule has 122 valence electrons. The maximum absolute atomic E-state index is 12.4. The summed E-state index contributed by atoms with van der Waals surface area (Å²) in [6, 6.07) is 4.17. The van der Waals surface area contributed by atoms with Crippen LogP contribution >= 0.6 is 0 Å². The van der Waals surface area contributed by atoms with Crippen LogP contribution in [0.2, 0.25) is 0 Å². The standard InChI is InChI=1S/C17H28N4O/c1-3-12-21(13-4-2)17(22)15-10-11-16(20-19-15)18-14-8-6-5-7-9-14/h10-11,14H,3-9,12-13H2,1-2H3,(H,18,20). The van der Waals surface area contributed by atoms with Crippen LogP contribution in [0.1, 0.15) is 69.3 Å². The number of aromatic nitrogens is 2. The number of nitrogens with one attached hydrogen (secondary N) is 1. The lowest BCUT2D eigenvalue weighted by molar-refractivity contribution is 0.0748. The Labute approximate surface area is 133 Å². The molecule has 1 fully saturated rings. The van der Waals surface area contributed by atoms with Crippen LogP contribution in [0, 0.1) is 0 Å². The summed E-state index contributed by atoms with van der Waals surface area (Å²) < 4.78 is 0. The molecule has 0 saturated heterocycles. The Morgan fingerprint density at radius 1 is 1.14 bits per heavy atom. The lowest BCUT2D eigenvalue weighted by Crippen LogP contribution is -2.33. The summed E-state index contributed by atoms with van der Waals surface area (Å²) in [7, 11) is 0. The minimum Gasteiger partial charge on any atom is -0.366 e. The molecule has 0 bridgehead atoms. The first kappa shape index (κ1) is 16.7. The predicted octanol–water partition coefficient (Wildman–Crippen LogP) is 3.48. The fourth-order valence-corrected chi connectivity index (χ4v) is 3.00. The minimum atomic E-state index is -0.0135. The van der Waals surface area contributed by atoms with E-state index in [9.17, 15) is 4.79 Å². The van der Waals surface area contributed by atoms with Gasteiger partial charge in [0.05, 0.1) is 0 Å². The van der Waals surface area contributed by atoms with Crippen molar-refractivity contribution in [2.45, 2.75) is 64.8 Å². The molecule has 0 aromatic carbocycles.